The van der Waals surface area contributed by atoms with Crippen LogP contribution in [0.3, 0.4) is 0 Å². The van der Waals surface area contributed by atoms with Crippen molar-refractivity contribution in [3.8, 4) is 0 Å². The number of carboxylic acids is 1. The number of rotatable bonds is 8. The van der Waals surface area contributed by atoms with Gasteiger partial charge < -0.3 is 10.4 Å². The van der Waals surface area contributed by atoms with Gasteiger partial charge in [0.05, 0.1) is 0 Å². The van der Waals surface area contributed by atoms with Crippen molar-refractivity contribution in [3.63, 3.8) is 0 Å². The summed E-state index contributed by atoms with van der Waals surface area (Å²) in [5, 5.41) is 15.6. The predicted octanol–water partition coefficient (Wildman–Crippen LogP) is 1.84. The van der Waals surface area contributed by atoms with E-state index in [1.165, 1.54) is 30.3 Å². The van der Waals surface area contributed by atoms with E-state index in [0.29, 0.717) is 6.54 Å². The summed E-state index contributed by atoms with van der Waals surface area (Å²) in [5.74, 6) is -1.23. The van der Waals surface area contributed by atoms with Crippen molar-refractivity contribution in [1.82, 2.24) is 15.1 Å². The van der Waals surface area contributed by atoms with Gasteiger partial charge in [-0.05, 0) is 19.4 Å². The molecule has 1 aromatic heterocycles. The van der Waals surface area contributed by atoms with E-state index in [1.807, 2.05) is 0 Å². The molecular weight excluding hydrogens is 246 g/mol. The highest BCUT2D eigenvalue weighted by atomic mass is 16.4. The maximum Gasteiger partial charge on any atom is 0.328 e. The second kappa shape index (κ2) is 7.56. The third kappa shape index (κ3) is 4.73. The zero-order valence-corrected chi connectivity index (χ0v) is 11.4. The van der Waals surface area contributed by atoms with Gasteiger partial charge in [-0.25, -0.2) is 4.79 Å². The molecule has 1 aromatic rings. The summed E-state index contributed by atoms with van der Waals surface area (Å²) in [6.07, 6.45) is 5.88. The quantitative estimate of drug-likeness (QED) is 0.704. The number of hydrogen-bond donors (Lipinski definition) is 2. The van der Waals surface area contributed by atoms with Crippen LogP contribution in [-0.4, -0.2) is 33.3 Å². The molecule has 1 unspecified atom stereocenters. The Bertz CT molecular complexity index is 429. The highest BCUT2D eigenvalue weighted by Gasteiger charge is 2.16. The summed E-state index contributed by atoms with van der Waals surface area (Å²) >= 11 is 0. The molecule has 0 spiro atoms. The summed E-state index contributed by atoms with van der Waals surface area (Å²) in [4.78, 5) is 22.5. The molecule has 6 heteroatoms. The van der Waals surface area contributed by atoms with E-state index in [9.17, 15) is 9.59 Å². The molecule has 0 aliphatic heterocycles. The van der Waals surface area contributed by atoms with Crippen LogP contribution in [0.2, 0.25) is 0 Å². The molecule has 0 bridgehead atoms. The van der Waals surface area contributed by atoms with Crippen LogP contribution < -0.4 is 5.32 Å². The summed E-state index contributed by atoms with van der Waals surface area (Å²) < 4.78 is 1.27. The Morgan fingerprint density at radius 3 is 2.79 bits per heavy atom. The van der Waals surface area contributed by atoms with Gasteiger partial charge in [-0.1, -0.05) is 26.2 Å². The molecule has 19 heavy (non-hydrogen) atoms. The molecule has 6 nitrogen and oxygen atoms in total. The molecule has 106 valence electrons. The van der Waals surface area contributed by atoms with E-state index in [4.69, 9.17) is 5.11 Å². The summed E-state index contributed by atoms with van der Waals surface area (Å²) in [6, 6.07) is 0.756. The second-order valence-electron chi connectivity index (χ2n) is 4.51. The third-order valence-electron chi connectivity index (χ3n) is 2.91. The van der Waals surface area contributed by atoms with Crippen LogP contribution in [0.25, 0.3) is 0 Å². The lowest BCUT2D eigenvalue weighted by molar-refractivity contribution is -0.140. The van der Waals surface area contributed by atoms with Crippen molar-refractivity contribution in [3.05, 3.63) is 18.0 Å². The molecule has 2 N–H and O–H groups in total. The molecule has 1 rings (SSSR count). The highest BCUT2D eigenvalue weighted by Crippen LogP contribution is 2.06. The Hall–Kier alpha value is -1.85. The fourth-order valence-corrected chi connectivity index (χ4v) is 1.63. The lowest BCUT2D eigenvalue weighted by atomic mass is 10.2. The molecule has 0 aromatic carbocycles. The van der Waals surface area contributed by atoms with E-state index in [0.717, 1.165) is 19.3 Å². The van der Waals surface area contributed by atoms with Crippen LogP contribution in [0, 0.1) is 0 Å². The van der Waals surface area contributed by atoms with Gasteiger partial charge in [-0.3, -0.25) is 9.48 Å². The monoisotopic (exact) mass is 267 g/mol. The van der Waals surface area contributed by atoms with Crippen LogP contribution in [0.1, 0.15) is 56.1 Å². The minimum Gasteiger partial charge on any atom is -0.480 e. The normalized spacial score (nSPS) is 12.1. The first-order valence-corrected chi connectivity index (χ1v) is 6.62. The average Bonchev–Trinajstić information content (AvgIpc) is 2.86. The van der Waals surface area contributed by atoms with Crippen molar-refractivity contribution in [2.45, 2.75) is 45.6 Å². The van der Waals surface area contributed by atoms with Gasteiger partial charge in [-0.2, -0.15) is 5.10 Å². The van der Waals surface area contributed by atoms with E-state index in [2.05, 4.69) is 17.3 Å². The van der Waals surface area contributed by atoms with Gasteiger partial charge >= 0.3 is 5.97 Å². The van der Waals surface area contributed by atoms with E-state index < -0.39 is 12.0 Å². The highest BCUT2D eigenvalue weighted by molar-refractivity contribution is 5.92. The van der Waals surface area contributed by atoms with Gasteiger partial charge in [-0.15, -0.1) is 0 Å². The Balaban J connectivity index is 2.43. The van der Waals surface area contributed by atoms with Crippen LogP contribution in [0.15, 0.2) is 12.3 Å². The Morgan fingerprint density at radius 1 is 1.42 bits per heavy atom. The standard InChI is InChI=1S/C13H21N3O3/c1-3-4-5-6-8-14-12(17)11-7-9-16(15-11)10(2)13(18)19/h7,9-10H,3-6,8H2,1-2H3,(H,14,17)(H,18,19). The number of carbonyl (C=O) groups excluding carboxylic acids is 1. The van der Waals surface area contributed by atoms with E-state index in [1.54, 1.807) is 0 Å². The summed E-state index contributed by atoms with van der Waals surface area (Å²) in [6.45, 7) is 4.27. The maximum atomic E-state index is 11.7. The molecule has 0 fully saturated rings. The van der Waals surface area contributed by atoms with E-state index in [-0.39, 0.29) is 11.6 Å². The van der Waals surface area contributed by atoms with Crippen LogP contribution in [-0.2, 0) is 4.79 Å². The van der Waals surface area contributed by atoms with Crippen LogP contribution in [0.5, 0.6) is 0 Å². The molecule has 0 aliphatic rings. The number of carbonyl (C=O) groups is 2. The van der Waals surface area contributed by atoms with Crippen LogP contribution >= 0.6 is 0 Å². The fourth-order valence-electron chi connectivity index (χ4n) is 1.63. The van der Waals surface area contributed by atoms with Gasteiger partial charge in [0.2, 0.25) is 0 Å². The molecule has 1 heterocycles. The molecule has 0 aliphatic carbocycles. The maximum absolute atomic E-state index is 11.7. The number of nitrogens with zero attached hydrogens (tertiary/aromatic N) is 2. The Morgan fingerprint density at radius 2 is 2.16 bits per heavy atom. The Kier molecular flexibility index (Phi) is 6.05. The smallest absolute Gasteiger partial charge is 0.328 e. The molecule has 1 amide bonds. The van der Waals surface area contributed by atoms with Crippen molar-refractivity contribution in [2.75, 3.05) is 6.54 Å². The number of aliphatic carboxylic acids is 1. The number of hydrogen-bond acceptors (Lipinski definition) is 3. The summed E-state index contributed by atoms with van der Waals surface area (Å²) in [5.41, 5.74) is 0.253. The lowest BCUT2D eigenvalue weighted by Crippen LogP contribution is -2.25. The fraction of sp³-hybridized carbons (Fsp3) is 0.615. The van der Waals surface area contributed by atoms with E-state index >= 15 is 0 Å². The van der Waals surface area contributed by atoms with Crippen molar-refractivity contribution >= 4 is 11.9 Å². The van der Waals surface area contributed by atoms with Crippen molar-refractivity contribution < 1.29 is 14.7 Å². The Labute approximate surface area is 112 Å². The summed E-state index contributed by atoms with van der Waals surface area (Å²) in [7, 11) is 0. The van der Waals surface area contributed by atoms with Gasteiger partial charge in [0.1, 0.15) is 11.7 Å². The first-order valence-electron chi connectivity index (χ1n) is 6.62. The zero-order chi connectivity index (χ0) is 14.3. The average molecular weight is 267 g/mol. The first kappa shape index (κ1) is 15.2. The first-order chi connectivity index (χ1) is 9.06. The van der Waals surface area contributed by atoms with Gasteiger partial charge in [0.15, 0.2) is 0 Å². The topological polar surface area (TPSA) is 84.2 Å². The zero-order valence-electron chi connectivity index (χ0n) is 11.4. The number of carboxylic acid groups (broad SMARTS) is 1. The number of amides is 1. The van der Waals surface area contributed by atoms with Gasteiger partial charge in [0.25, 0.3) is 5.91 Å². The predicted molar refractivity (Wildman–Crippen MR) is 71.0 cm³/mol. The number of aromatic nitrogens is 2. The third-order valence-corrected chi connectivity index (χ3v) is 2.91. The van der Waals surface area contributed by atoms with Gasteiger partial charge in [0, 0.05) is 12.7 Å². The minimum absolute atomic E-state index is 0.253. The minimum atomic E-state index is -0.977. The lowest BCUT2D eigenvalue weighted by Gasteiger charge is -2.06. The molecule has 0 saturated heterocycles. The largest absolute Gasteiger partial charge is 0.480 e. The number of nitrogens with one attached hydrogen (secondary N) is 1. The second-order valence-corrected chi connectivity index (χ2v) is 4.51. The SMILES string of the molecule is CCCCCCNC(=O)c1ccn(C(C)C(=O)O)n1. The number of unbranched alkanes of at least 4 members (excludes halogenated alkanes) is 3. The molecule has 0 radical (unpaired) electrons. The molecular formula is C13H21N3O3. The molecule has 0 saturated carbocycles. The van der Waals surface area contributed by atoms with Crippen molar-refractivity contribution in [2.24, 2.45) is 0 Å². The van der Waals surface area contributed by atoms with Crippen molar-refractivity contribution in [1.29, 1.82) is 0 Å². The van der Waals surface area contributed by atoms with Crippen LogP contribution in [0.4, 0.5) is 0 Å². The molecule has 1 atom stereocenters.